The molecule has 1 atom stereocenters. The summed E-state index contributed by atoms with van der Waals surface area (Å²) < 4.78 is 0. The van der Waals surface area contributed by atoms with Crippen LogP contribution in [0, 0.1) is 0 Å². The van der Waals surface area contributed by atoms with E-state index in [-0.39, 0.29) is 0 Å². The molecule has 0 aromatic carbocycles. The number of carbonyl (C=O) groups excluding carboxylic acids is 2. The maximum absolute atomic E-state index is 10.9. The van der Waals surface area contributed by atoms with Crippen LogP contribution in [0.4, 0.5) is 0 Å². The van der Waals surface area contributed by atoms with Crippen LogP contribution in [0.15, 0.2) is 0 Å². The summed E-state index contributed by atoms with van der Waals surface area (Å²) in [5.41, 5.74) is -0.820. The molecule has 3 N–H and O–H groups in total. The highest BCUT2D eigenvalue weighted by atomic mass is 31.1. The van der Waals surface area contributed by atoms with Crippen LogP contribution in [0.1, 0.15) is 13.8 Å². The summed E-state index contributed by atoms with van der Waals surface area (Å²) in [7, 11) is -1.82. The zero-order chi connectivity index (χ0) is 11.3. The molecule has 0 aromatic rings. The summed E-state index contributed by atoms with van der Waals surface area (Å²) >= 11 is 0. The van der Waals surface area contributed by atoms with E-state index < -0.39 is 37.7 Å². The standard InChI is InChI=1S/C7H12NO5P/c1-4(10)14(5(2)11)8-6(3-9)7(12)13/h6,8-9H,3H2,1-2H3,(H,12,13). The molecule has 80 valence electrons. The summed E-state index contributed by atoms with van der Waals surface area (Å²) in [4.78, 5) is 32.3. The number of hydrogen-bond donors (Lipinski definition) is 3. The van der Waals surface area contributed by atoms with Gasteiger partial charge >= 0.3 is 5.97 Å². The number of aliphatic hydroxyl groups excluding tert-OH is 1. The molecule has 0 aliphatic rings. The lowest BCUT2D eigenvalue weighted by atomic mass is 10.3. The molecule has 0 saturated heterocycles. The molecule has 0 amide bonds. The smallest absolute Gasteiger partial charge is 0.323 e. The van der Waals surface area contributed by atoms with Crippen LogP contribution in [0.25, 0.3) is 0 Å². The third-order valence-electron chi connectivity index (χ3n) is 1.40. The third kappa shape index (κ3) is 3.91. The highest BCUT2D eigenvalue weighted by Crippen LogP contribution is 2.32. The van der Waals surface area contributed by atoms with E-state index >= 15 is 0 Å². The number of rotatable bonds is 6. The first-order chi connectivity index (χ1) is 6.40. The van der Waals surface area contributed by atoms with Gasteiger partial charge in [-0.05, 0) is 0 Å². The van der Waals surface area contributed by atoms with E-state index in [1.165, 1.54) is 13.8 Å². The molecule has 0 radical (unpaired) electrons. The topological polar surface area (TPSA) is 104 Å². The van der Waals surface area contributed by atoms with Crippen LogP contribution in [0.2, 0.25) is 0 Å². The Morgan fingerprint density at radius 1 is 1.29 bits per heavy atom. The van der Waals surface area contributed by atoms with Crippen LogP contribution < -0.4 is 5.09 Å². The normalized spacial score (nSPS) is 12.6. The maximum Gasteiger partial charge on any atom is 0.323 e. The lowest BCUT2D eigenvalue weighted by Gasteiger charge is -2.16. The SMILES string of the molecule is CC(=O)P(NC(CO)C(=O)O)C(C)=O. The van der Waals surface area contributed by atoms with E-state index in [1.807, 2.05) is 0 Å². The number of carboxylic acids is 1. The summed E-state index contributed by atoms with van der Waals surface area (Å²) in [5, 5.41) is 19.5. The first-order valence-electron chi connectivity index (χ1n) is 3.81. The molecule has 1 unspecified atom stereocenters. The van der Waals surface area contributed by atoms with E-state index in [1.54, 1.807) is 0 Å². The average Bonchev–Trinajstić information content (AvgIpc) is 2.03. The van der Waals surface area contributed by atoms with Crippen molar-refractivity contribution in [3.8, 4) is 0 Å². The van der Waals surface area contributed by atoms with Crippen molar-refractivity contribution in [1.82, 2.24) is 5.09 Å². The Hall–Kier alpha value is -0.840. The van der Waals surface area contributed by atoms with Gasteiger partial charge in [0.15, 0.2) is 11.0 Å². The third-order valence-corrected chi connectivity index (χ3v) is 3.22. The molecule has 0 aliphatic heterocycles. The van der Waals surface area contributed by atoms with Gasteiger partial charge in [-0.25, -0.2) is 0 Å². The summed E-state index contributed by atoms with van der Waals surface area (Å²) in [5.74, 6) is -1.29. The second kappa shape index (κ2) is 5.80. The van der Waals surface area contributed by atoms with Crippen molar-refractivity contribution in [3.63, 3.8) is 0 Å². The molecule has 0 aliphatic carbocycles. The largest absolute Gasteiger partial charge is 0.480 e. The van der Waals surface area contributed by atoms with Crippen LogP contribution in [-0.2, 0) is 14.4 Å². The van der Waals surface area contributed by atoms with E-state index in [0.717, 1.165) is 0 Å². The number of aliphatic carboxylic acids is 1. The van der Waals surface area contributed by atoms with Crippen LogP contribution in [0.5, 0.6) is 0 Å². The van der Waals surface area contributed by atoms with Gasteiger partial charge in [0, 0.05) is 13.8 Å². The van der Waals surface area contributed by atoms with Crippen LogP contribution in [-0.4, -0.2) is 39.9 Å². The molecule has 0 rings (SSSR count). The van der Waals surface area contributed by atoms with E-state index in [0.29, 0.717) is 0 Å². The highest BCUT2D eigenvalue weighted by Gasteiger charge is 2.26. The van der Waals surface area contributed by atoms with Crippen LogP contribution in [0.3, 0.4) is 0 Å². The van der Waals surface area contributed by atoms with Gasteiger partial charge in [-0.3, -0.25) is 19.5 Å². The van der Waals surface area contributed by atoms with Gasteiger partial charge in [-0.2, -0.15) is 0 Å². The van der Waals surface area contributed by atoms with Gasteiger partial charge in [0.1, 0.15) is 14.1 Å². The van der Waals surface area contributed by atoms with Crippen molar-refractivity contribution >= 4 is 25.1 Å². The van der Waals surface area contributed by atoms with Crippen molar-refractivity contribution in [2.45, 2.75) is 19.9 Å². The molecule has 14 heavy (non-hydrogen) atoms. The maximum atomic E-state index is 10.9. The van der Waals surface area contributed by atoms with Crippen molar-refractivity contribution in [2.24, 2.45) is 0 Å². The monoisotopic (exact) mass is 221 g/mol. The highest BCUT2D eigenvalue weighted by molar-refractivity contribution is 7.87. The Labute approximate surface area is 82.1 Å². The predicted octanol–water partition coefficient (Wildman–Crippen LogP) is -0.489. The molecule has 0 saturated carbocycles. The first kappa shape index (κ1) is 13.2. The lowest BCUT2D eigenvalue weighted by molar-refractivity contribution is -0.139. The summed E-state index contributed by atoms with van der Waals surface area (Å²) in [6.07, 6.45) is 0. The second-order valence-electron chi connectivity index (χ2n) is 2.58. The number of aliphatic hydroxyl groups is 1. The molecule has 0 aromatic heterocycles. The number of carboxylic acid groups (broad SMARTS) is 1. The Balaban J connectivity index is 4.49. The fourth-order valence-electron chi connectivity index (χ4n) is 0.734. The van der Waals surface area contributed by atoms with Gasteiger partial charge < -0.3 is 10.2 Å². The quantitative estimate of drug-likeness (QED) is 0.523. The minimum absolute atomic E-state index is 0.410. The number of nitrogens with one attached hydrogen (secondary N) is 1. The zero-order valence-electron chi connectivity index (χ0n) is 7.85. The van der Waals surface area contributed by atoms with Crippen LogP contribution >= 0.6 is 8.07 Å². The minimum atomic E-state index is -1.82. The molecule has 7 heteroatoms. The summed E-state index contributed by atoms with van der Waals surface area (Å²) in [6, 6.07) is -1.27. The molecular formula is C7H12NO5P. The Bertz CT molecular complexity index is 240. The van der Waals surface area contributed by atoms with E-state index in [4.69, 9.17) is 10.2 Å². The Morgan fingerprint density at radius 2 is 1.71 bits per heavy atom. The molecule has 6 nitrogen and oxygen atoms in total. The fraction of sp³-hybridized carbons (Fsp3) is 0.571. The van der Waals surface area contributed by atoms with Crippen molar-refractivity contribution in [1.29, 1.82) is 0 Å². The Morgan fingerprint density at radius 3 is 1.93 bits per heavy atom. The number of hydrogen-bond acceptors (Lipinski definition) is 5. The number of carbonyl (C=O) groups is 3. The average molecular weight is 221 g/mol. The molecule has 0 fully saturated rings. The van der Waals surface area contributed by atoms with Gasteiger partial charge in [-0.1, -0.05) is 0 Å². The van der Waals surface area contributed by atoms with Gasteiger partial charge in [-0.15, -0.1) is 0 Å². The molecular weight excluding hydrogens is 209 g/mol. The predicted molar refractivity (Wildman–Crippen MR) is 49.9 cm³/mol. The van der Waals surface area contributed by atoms with Gasteiger partial charge in [0.25, 0.3) is 0 Å². The first-order valence-corrected chi connectivity index (χ1v) is 5.15. The van der Waals surface area contributed by atoms with Gasteiger partial charge in [0.05, 0.1) is 6.61 Å². The Kier molecular flexibility index (Phi) is 5.45. The lowest BCUT2D eigenvalue weighted by Crippen LogP contribution is -2.38. The summed E-state index contributed by atoms with van der Waals surface area (Å²) in [6.45, 7) is 1.75. The van der Waals surface area contributed by atoms with E-state index in [2.05, 4.69) is 5.09 Å². The van der Waals surface area contributed by atoms with Crippen molar-refractivity contribution < 1.29 is 24.6 Å². The second-order valence-corrected chi connectivity index (χ2v) is 4.76. The minimum Gasteiger partial charge on any atom is -0.480 e. The molecule has 0 spiro atoms. The van der Waals surface area contributed by atoms with Crippen molar-refractivity contribution in [3.05, 3.63) is 0 Å². The molecule has 0 bridgehead atoms. The van der Waals surface area contributed by atoms with Crippen molar-refractivity contribution in [2.75, 3.05) is 6.61 Å². The van der Waals surface area contributed by atoms with E-state index in [9.17, 15) is 14.4 Å². The van der Waals surface area contributed by atoms with Gasteiger partial charge in [0.2, 0.25) is 0 Å². The zero-order valence-corrected chi connectivity index (χ0v) is 8.75. The fourth-order valence-corrected chi connectivity index (χ4v) is 2.04. The molecule has 0 heterocycles.